The lowest BCUT2D eigenvalue weighted by Gasteiger charge is -2.29. The summed E-state index contributed by atoms with van der Waals surface area (Å²) in [5.74, 6) is -0.0435. The van der Waals surface area contributed by atoms with Gasteiger partial charge in [-0.15, -0.1) is 0 Å². The van der Waals surface area contributed by atoms with Crippen molar-refractivity contribution in [2.45, 2.75) is 26.3 Å². The fourth-order valence-electron chi connectivity index (χ4n) is 3.50. The maximum absolute atomic E-state index is 12.8. The number of benzene rings is 2. The Kier molecular flexibility index (Phi) is 8.50. The molecule has 34 heavy (non-hydrogen) atoms. The van der Waals surface area contributed by atoms with Gasteiger partial charge in [-0.05, 0) is 42.7 Å². The van der Waals surface area contributed by atoms with Crippen molar-refractivity contribution in [2.24, 2.45) is 0 Å². The summed E-state index contributed by atoms with van der Waals surface area (Å²) in [5.41, 5.74) is 1.90. The summed E-state index contributed by atoms with van der Waals surface area (Å²) in [7, 11) is 1.54. The van der Waals surface area contributed by atoms with Gasteiger partial charge in [0.1, 0.15) is 18.1 Å². The number of carbonyl (C=O) groups is 3. The van der Waals surface area contributed by atoms with Crippen LogP contribution in [0.3, 0.4) is 0 Å². The van der Waals surface area contributed by atoms with Crippen molar-refractivity contribution in [3.05, 3.63) is 70.9 Å². The van der Waals surface area contributed by atoms with Gasteiger partial charge in [0.2, 0.25) is 0 Å². The monoisotopic (exact) mass is 468 g/mol. The molecule has 0 saturated heterocycles. The number of carbonyl (C=O) groups excluding carboxylic acids is 3. The number of para-hydroxylation sites is 1. The fraction of sp³-hybridized carbons (Fsp3) is 0.320. The molecule has 0 radical (unpaired) electrons. The molecule has 9 heteroatoms. The van der Waals surface area contributed by atoms with Crippen LogP contribution in [0.4, 0.5) is 4.79 Å². The molecule has 180 valence electrons. The van der Waals surface area contributed by atoms with Crippen molar-refractivity contribution in [1.82, 2.24) is 10.6 Å². The zero-order valence-corrected chi connectivity index (χ0v) is 19.4. The number of hydrogen-bond acceptors (Lipinski definition) is 7. The largest absolute Gasteiger partial charge is 0.497 e. The summed E-state index contributed by atoms with van der Waals surface area (Å²) < 4.78 is 21.3. The third kappa shape index (κ3) is 6.06. The third-order valence-electron chi connectivity index (χ3n) is 5.17. The minimum absolute atomic E-state index is 0.142. The average molecular weight is 469 g/mol. The first kappa shape index (κ1) is 24.6. The summed E-state index contributed by atoms with van der Waals surface area (Å²) in [6.45, 7) is 3.17. The van der Waals surface area contributed by atoms with E-state index >= 15 is 0 Å². The first-order chi connectivity index (χ1) is 16.5. The van der Waals surface area contributed by atoms with Crippen LogP contribution in [-0.4, -0.2) is 44.9 Å². The summed E-state index contributed by atoms with van der Waals surface area (Å²) in [6, 6.07) is 13.0. The van der Waals surface area contributed by atoms with E-state index in [9.17, 15) is 14.4 Å². The van der Waals surface area contributed by atoms with Crippen molar-refractivity contribution in [1.29, 1.82) is 0 Å². The van der Waals surface area contributed by atoms with Crippen LogP contribution in [-0.2, 0) is 25.5 Å². The molecule has 9 nitrogen and oxygen atoms in total. The van der Waals surface area contributed by atoms with Crippen molar-refractivity contribution in [2.75, 3.05) is 26.9 Å². The topological polar surface area (TPSA) is 112 Å². The van der Waals surface area contributed by atoms with E-state index in [1.165, 1.54) is 0 Å². The van der Waals surface area contributed by atoms with Gasteiger partial charge in [0, 0.05) is 0 Å². The number of urea groups is 1. The predicted octanol–water partition coefficient (Wildman–Crippen LogP) is 3.05. The van der Waals surface area contributed by atoms with E-state index in [1.807, 2.05) is 25.1 Å². The van der Waals surface area contributed by atoms with Crippen LogP contribution in [0.25, 0.3) is 0 Å². The second kappa shape index (κ2) is 11.7. The van der Waals surface area contributed by atoms with Gasteiger partial charge in [-0.2, -0.15) is 0 Å². The third-order valence-corrected chi connectivity index (χ3v) is 5.17. The number of nitrogens with one attached hydrogen (secondary N) is 2. The maximum atomic E-state index is 12.8. The number of hydrogen-bond donors (Lipinski definition) is 2. The molecule has 0 spiro atoms. The van der Waals surface area contributed by atoms with Gasteiger partial charge in [0.15, 0.2) is 6.61 Å². The van der Waals surface area contributed by atoms with E-state index in [1.54, 1.807) is 44.4 Å². The molecule has 1 unspecified atom stereocenters. The molecule has 1 aliphatic heterocycles. The van der Waals surface area contributed by atoms with E-state index in [0.717, 1.165) is 12.0 Å². The lowest BCUT2D eigenvalue weighted by atomic mass is 9.95. The molecule has 2 aromatic carbocycles. The molecule has 1 atom stereocenters. The molecule has 0 aliphatic carbocycles. The van der Waals surface area contributed by atoms with E-state index in [0.29, 0.717) is 17.1 Å². The van der Waals surface area contributed by atoms with Crippen LogP contribution in [0, 0.1) is 0 Å². The summed E-state index contributed by atoms with van der Waals surface area (Å²) in [6.07, 6.45) is 0.757. The highest BCUT2D eigenvalue weighted by molar-refractivity contribution is 5.95. The Morgan fingerprint density at radius 1 is 1.00 bits per heavy atom. The van der Waals surface area contributed by atoms with Crippen molar-refractivity contribution in [3.63, 3.8) is 0 Å². The van der Waals surface area contributed by atoms with E-state index in [-0.39, 0.29) is 31.1 Å². The lowest BCUT2D eigenvalue weighted by molar-refractivity contribution is -0.145. The molecule has 1 aliphatic rings. The predicted molar refractivity (Wildman–Crippen MR) is 123 cm³/mol. The molecule has 2 N–H and O–H groups in total. The van der Waals surface area contributed by atoms with Crippen molar-refractivity contribution in [3.8, 4) is 11.5 Å². The van der Waals surface area contributed by atoms with E-state index in [4.69, 9.17) is 18.9 Å². The smallest absolute Gasteiger partial charge is 0.344 e. The Morgan fingerprint density at radius 3 is 2.41 bits per heavy atom. The molecular weight excluding hydrogens is 440 g/mol. The Balaban J connectivity index is 1.77. The standard InChI is InChI=1S/C25H28N2O7/c1-4-16-8-6-7-9-20(16)33-15-21(28)34-14-19-22(24(29)32-5-2)23(27-25(30)26-19)17-10-12-18(31-3)13-11-17/h6-13,23H,4-5,14-15H2,1-3H3,(H2,26,27,30). The van der Waals surface area contributed by atoms with Crippen LogP contribution in [0.5, 0.6) is 11.5 Å². The quantitative estimate of drug-likeness (QED) is 0.516. The normalized spacial score (nSPS) is 15.1. The van der Waals surface area contributed by atoms with Crippen LogP contribution in [0.1, 0.15) is 31.0 Å². The Bertz CT molecular complexity index is 1060. The van der Waals surface area contributed by atoms with Gasteiger partial charge in [-0.1, -0.05) is 37.3 Å². The maximum Gasteiger partial charge on any atom is 0.344 e. The van der Waals surface area contributed by atoms with Gasteiger partial charge >= 0.3 is 18.0 Å². The molecule has 2 amide bonds. The summed E-state index contributed by atoms with van der Waals surface area (Å²) in [4.78, 5) is 37.5. The molecule has 0 aromatic heterocycles. The zero-order chi connectivity index (χ0) is 24.5. The van der Waals surface area contributed by atoms with E-state index < -0.39 is 24.0 Å². The number of methoxy groups -OCH3 is 1. The number of esters is 2. The Morgan fingerprint density at radius 2 is 1.74 bits per heavy atom. The molecule has 1 heterocycles. The summed E-state index contributed by atoms with van der Waals surface area (Å²) >= 11 is 0. The van der Waals surface area contributed by atoms with Gasteiger partial charge in [-0.3, -0.25) is 0 Å². The van der Waals surface area contributed by atoms with Crippen molar-refractivity contribution < 1.29 is 33.3 Å². The van der Waals surface area contributed by atoms with Crippen LogP contribution in [0.15, 0.2) is 59.8 Å². The number of ether oxygens (including phenoxy) is 4. The van der Waals surface area contributed by atoms with Gasteiger partial charge in [0.25, 0.3) is 0 Å². The Labute approximate surface area is 198 Å². The second-order valence-electron chi connectivity index (χ2n) is 7.33. The molecule has 0 saturated carbocycles. The fourth-order valence-corrected chi connectivity index (χ4v) is 3.50. The van der Waals surface area contributed by atoms with Crippen LogP contribution < -0.4 is 20.1 Å². The van der Waals surface area contributed by atoms with Crippen LogP contribution in [0.2, 0.25) is 0 Å². The average Bonchev–Trinajstić information content (AvgIpc) is 2.86. The van der Waals surface area contributed by atoms with Gasteiger partial charge in [-0.25, -0.2) is 14.4 Å². The highest BCUT2D eigenvalue weighted by atomic mass is 16.6. The summed E-state index contributed by atoms with van der Waals surface area (Å²) in [5, 5.41) is 5.28. The van der Waals surface area contributed by atoms with Crippen molar-refractivity contribution >= 4 is 18.0 Å². The number of amides is 2. The lowest BCUT2D eigenvalue weighted by Crippen LogP contribution is -2.47. The highest BCUT2D eigenvalue weighted by Crippen LogP contribution is 2.29. The molecular formula is C25H28N2O7. The van der Waals surface area contributed by atoms with Crippen LogP contribution >= 0.6 is 0 Å². The molecule has 0 bridgehead atoms. The first-order valence-corrected chi connectivity index (χ1v) is 10.9. The zero-order valence-electron chi connectivity index (χ0n) is 19.4. The van der Waals surface area contributed by atoms with Gasteiger partial charge in [0.05, 0.1) is 31.0 Å². The Hall–Kier alpha value is -4.01. The van der Waals surface area contributed by atoms with Gasteiger partial charge < -0.3 is 29.6 Å². The second-order valence-corrected chi connectivity index (χ2v) is 7.33. The number of aryl methyl sites for hydroxylation is 1. The molecule has 2 aromatic rings. The molecule has 0 fully saturated rings. The number of rotatable bonds is 10. The van der Waals surface area contributed by atoms with E-state index in [2.05, 4.69) is 10.6 Å². The minimum Gasteiger partial charge on any atom is -0.497 e. The molecule has 3 rings (SSSR count). The highest BCUT2D eigenvalue weighted by Gasteiger charge is 2.34. The minimum atomic E-state index is -0.792. The first-order valence-electron chi connectivity index (χ1n) is 10.9. The SMILES string of the molecule is CCOC(=O)C1=C(COC(=O)COc2ccccc2CC)NC(=O)NC1c1ccc(OC)cc1.